The Morgan fingerprint density at radius 3 is 2.56 bits per heavy atom. The second-order valence-electron chi connectivity index (χ2n) is 3.35. The molecule has 0 saturated heterocycles. The van der Waals surface area contributed by atoms with Gasteiger partial charge in [-0.3, -0.25) is 4.18 Å². The van der Waals surface area contributed by atoms with E-state index in [-0.39, 0.29) is 12.4 Å². The first-order valence-electron chi connectivity index (χ1n) is 5.16. The Morgan fingerprint density at radius 1 is 1.25 bits per heavy atom. The van der Waals surface area contributed by atoms with Crippen molar-refractivity contribution in [1.82, 2.24) is 0 Å². The molecule has 3 nitrogen and oxygen atoms in total. The molecule has 88 valence electrons. The molecule has 1 aromatic rings. The molecule has 0 saturated carbocycles. The number of benzene rings is 1. The summed E-state index contributed by atoms with van der Waals surface area (Å²) < 4.78 is 27.5. The average molecular weight is 240 g/mol. The molecule has 0 aromatic heterocycles. The van der Waals surface area contributed by atoms with Crippen LogP contribution in [0.4, 0.5) is 0 Å². The molecule has 0 heterocycles. The third-order valence-corrected chi connectivity index (χ3v) is 3.16. The van der Waals surface area contributed by atoms with Gasteiger partial charge in [0.1, 0.15) is 0 Å². The van der Waals surface area contributed by atoms with Crippen LogP contribution in [0.5, 0.6) is 0 Å². The number of allylic oxidation sites excluding steroid dienone is 1. The minimum atomic E-state index is -3.40. The van der Waals surface area contributed by atoms with E-state index in [9.17, 15) is 8.42 Å². The molecule has 0 amide bonds. The van der Waals surface area contributed by atoms with Crippen molar-refractivity contribution in [3.8, 4) is 0 Å². The lowest BCUT2D eigenvalue weighted by Gasteiger charge is -2.03. The molecular formula is C12H16O3S. The highest BCUT2D eigenvalue weighted by molar-refractivity contribution is 7.86. The molecule has 16 heavy (non-hydrogen) atoms. The van der Waals surface area contributed by atoms with Crippen molar-refractivity contribution in [3.63, 3.8) is 0 Å². The molecule has 1 rings (SSSR count). The van der Waals surface area contributed by atoms with Crippen molar-refractivity contribution in [2.45, 2.75) is 13.3 Å². The van der Waals surface area contributed by atoms with Crippen LogP contribution in [0.25, 0.3) is 0 Å². The summed E-state index contributed by atoms with van der Waals surface area (Å²) in [4.78, 5) is 0. The van der Waals surface area contributed by atoms with E-state index in [1.165, 1.54) is 0 Å². The minimum Gasteiger partial charge on any atom is -0.270 e. The summed E-state index contributed by atoms with van der Waals surface area (Å²) in [6.45, 7) is 1.98. The Balaban J connectivity index is 2.36. The van der Waals surface area contributed by atoms with Gasteiger partial charge in [-0.1, -0.05) is 42.5 Å². The smallest absolute Gasteiger partial charge is 0.270 e. The molecule has 1 aromatic carbocycles. The molecule has 0 atom stereocenters. The highest BCUT2D eigenvalue weighted by Gasteiger charge is 2.07. The van der Waals surface area contributed by atoms with Gasteiger partial charge < -0.3 is 0 Å². The molecule has 0 bridgehead atoms. The lowest BCUT2D eigenvalue weighted by atomic mass is 10.2. The molecule has 0 aliphatic heterocycles. The van der Waals surface area contributed by atoms with E-state index in [1.54, 1.807) is 19.1 Å². The zero-order chi connectivity index (χ0) is 11.9. The minimum absolute atomic E-state index is 0.0573. The van der Waals surface area contributed by atoms with E-state index in [4.69, 9.17) is 4.18 Å². The predicted octanol–water partition coefficient (Wildman–Crippen LogP) is 2.15. The first-order chi connectivity index (χ1) is 7.64. The summed E-state index contributed by atoms with van der Waals surface area (Å²) in [6.07, 6.45) is 3.87. The fraction of sp³-hybridized carbons (Fsp3) is 0.333. The Hall–Kier alpha value is -1.13. The maximum Gasteiger partial charge on any atom is 0.270 e. The molecule has 0 fully saturated rings. The fourth-order valence-electron chi connectivity index (χ4n) is 1.19. The standard InChI is InChI=1S/C12H16O3S/c1-2-3-11-16(13,14)15-10-9-12-7-5-4-6-8-12/h2-8H,9-11H2,1H3/b3-2+. The predicted molar refractivity (Wildman–Crippen MR) is 64.7 cm³/mol. The Labute approximate surface area is 96.9 Å². The average Bonchev–Trinajstić information content (AvgIpc) is 2.28. The summed E-state index contributed by atoms with van der Waals surface area (Å²) in [7, 11) is -3.40. The van der Waals surface area contributed by atoms with E-state index in [1.807, 2.05) is 30.3 Å². The first-order valence-corrected chi connectivity index (χ1v) is 6.74. The molecule has 4 heteroatoms. The van der Waals surface area contributed by atoms with Crippen LogP contribution >= 0.6 is 0 Å². The van der Waals surface area contributed by atoms with Crippen molar-refractivity contribution < 1.29 is 12.6 Å². The molecule has 0 N–H and O–H groups in total. The molecule has 0 spiro atoms. The van der Waals surface area contributed by atoms with Crippen molar-refractivity contribution >= 4 is 10.1 Å². The molecular weight excluding hydrogens is 224 g/mol. The summed E-state index contributed by atoms with van der Waals surface area (Å²) in [6, 6.07) is 9.66. The van der Waals surface area contributed by atoms with Crippen LogP contribution in [0.1, 0.15) is 12.5 Å². The Bertz CT molecular complexity index is 421. The van der Waals surface area contributed by atoms with E-state index >= 15 is 0 Å². The second kappa shape index (κ2) is 6.45. The normalized spacial score (nSPS) is 12.1. The largest absolute Gasteiger partial charge is 0.270 e. The molecule has 0 aliphatic rings. The summed E-state index contributed by atoms with van der Waals surface area (Å²) >= 11 is 0. The van der Waals surface area contributed by atoms with Gasteiger partial charge in [0.15, 0.2) is 0 Å². The lowest BCUT2D eigenvalue weighted by molar-refractivity contribution is 0.324. The van der Waals surface area contributed by atoms with Crippen LogP contribution in [-0.4, -0.2) is 20.8 Å². The summed E-state index contributed by atoms with van der Waals surface area (Å²) in [5.41, 5.74) is 1.07. The van der Waals surface area contributed by atoms with Crippen LogP contribution in [0.2, 0.25) is 0 Å². The first kappa shape index (κ1) is 12.9. The van der Waals surface area contributed by atoms with Crippen LogP contribution in [-0.2, 0) is 20.7 Å². The van der Waals surface area contributed by atoms with E-state index in [2.05, 4.69) is 0 Å². The zero-order valence-electron chi connectivity index (χ0n) is 9.30. The maximum atomic E-state index is 11.3. The molecule has 0 aliphatic carbocycles. The van der Waals surface area contributed by atoms with Gasteiger partial charge >= 0.3 is 0 Å². The van der Waals surface area contributed by atoms with Gasteiger partial charge in [-0.05, 0) is 18.9 Å². The van der Waals surface area contributed by atoms with Crippen LogP contribution in [0.15, 0.2) is 42.5 Å². The summed E-state index contributed by atoms with van der Waals surface area (Å²) in [5, 5.41) is 0. The third-order valence-electron chi connectivity index (χ3n) is 2.03. The van der Waals surface area contributed by atoms with Gasteiger partial charge in [0.05, 0.1) is 12.4 Å². The fourth-order valence-corrected chi connectivity index (χ4v) is 2.05. The lowest BCUT2D eigenvalue weighted by Crippen LogP contribution is -2.11. The van der Waals surface area contributed by atoms with Gasteiger partial charge in [0, 0.05) is 0 Å². The van der Waals surface area contributed by atoms with Crippen molar-refractivity contribution in [2.75, 3.05) is 12.4 Å². The second-order valence-corrected chi connectivity index (χ2v) is 5.04. The molecule has 0 unspecified atom stereocenters. The van der Waals surface area contributed by atoms with Crippen molar-refractivity contribution in [2.24, 2.45) is 0 Å². The monoisotopic (exact) mass is 240 g/mol. The third kappa shape index (κ3) is 5.09. The number of rotatable bonds is 6. The van der Waals surface area contributed by atoms with Gasteiger partial charge in [0.2, 0.25) is 0 Å². The van der Waals surface area contributed by atoms with Gasteiger partial charge in [0.25, 0.3) is 10.1 Å². The Morgan fingerprint density at radius 2 is 1.94 bits per heavy atom. The maximum absolute atomic E-state index is 11.3. The summed E-state index contributed by atoms with van der Waals surface area (Å²) in [5.74, 6) is -0.0573. The highest BCUT2D eigenvalue weighted by Crippen LogP contribution is 2.02. The van der Waals surface area contributed by atoms with Crippen molar-refractivity contribution in [3.05, 3.63) is 48.0 Å². The number of hydrogen-bond acceptors (Lipinski definition) is 3. The van der Waals surface area contributed by atoms with Crippen LogP contribution < -0.4 is 0 Å². The van der Waals surface area contributed by atoms with Gasteiger partial charge in [-0.25, -0.2) is 0 Å². The Kier molecular flexibility index (Phi) is 5.22. The van der Waals surface area contributed by atoms with E-state index in [0.29, 0.717) is 6.42 Å². The van der Waals surface area contributed by atoms with Crippen LogP contribution in [0.3, 0.4) is 0 Å². The SMILES string of the molecule is C/C=C/CS(=O)(=O)OCCc1ccccc1. The number of hydrogen-bond donors (Lipinski definition) is 0. The van der Waals surface area contributed by atoms with Gasteiger partial charge in [-0.2, -0.15) is 8.42 Å². The quantitative estimate of drug-likeness (QED) is 0.565. The zero-order valence-corrected chi connectivity index (χ0v) is 10.1. The highest BCUT2D eigenvalue weighted by atomic mass is 32.2. The van der Waals surface area contributed by atoms with Crippen molar-refractivity contribution in [1.29, 1.82) is 0 Å². The van der Waals surface area contributed by atoms with Crippen LogP contribution in [0, 0.1) is 0 Å². The van der Waals surface area contributed by atoms with E-state index < -0.39 is 10.1 Å². The van der Waals surface area contributed by atoms with Gasteiger partial charge in [-0.15, -0.1) is 0 Å². The topological polar surface area (TPSA) is 43.4 Å². The van der Waals surface area contributed by atoms with E-state index in [0.717, 1.165) is 5.56 Å². The molecule has 0 radical (unpaired) electrons.